The summed E-state index contributed by atoms with van der Waals surface area (Å²) in [6.07, 6.45) is 7.23. The van der Waals surface area contributed by atoms with Crippen LogP contribution in [0.25, 0.3) is 11.3 Å². The number of aromatic nitrogens is 4. The van der Waals surface area contributed by atoms with E-state index in [1.807, 2.05) is 12.5 Å². The molecule has 2 aliphatic heterocycles. The van der Waals surface area contributed by atoms with Crippen LogP contribution in [0.1, 0.15) is 42.1 Å². The molecule has 2 aliphatic rings. The van der Waals surface area contributed by atoms with Gasteiger partial charge >= 0.3 is 0 Å². The Balaban J connectivity index is 1.70. The van der Waals surface area contributed by atoms with E-state index < -0.39 is 6.10 Å². The summed E-state index contributed by atoms with van der Waals surface area (Å²) in [5.41, 5.74) is 4.59. The van der Waals surface area contributed by atoms with Crippen LogP contribution in [0.5, 0.6) is 0 Å². The average Bonchev–Trinajstić information content (AvgIpc) is 3.20. The number of aliphatic hydroxyl groups excluding tert-OH is 1. The zero-order valence-electron chi connectivity index (χ0n) is 12.1. The molecule has 0 amide bonds. The molecule has 1 aromatic carbocycles. The molecule has 1 N–H and O–H groups in total. The summed E-state index contributed by atoms with van der Waals surface area (Å²) in [4.78, 5) is 9.05. The number of hydrogen-bond acceptors (Lipinski definition) is 3. The van der Waals surface area contributed by atoms with Crippen LogP contribution in [0, 0.1) is 0 Å². The maximum absolute atomic E-state index is 10.2. The second kappa shape index (κ2) is 4.30. The molecule has 2 aromatic heterocycles. The number of hydrogen-bond donors (Lipinski definition) is 1. The molecule has 5 nitrogen and oxygen atoms in total. The van der Waals surface area contributed by atoms with E-state index in [4.69, 9.17) is 4.98 Å². The van der Waals surface area contributed by atoms with Gasteiger partial charge in [-0.3, -0.25) is 0 Å². The molecule has 3 aromatic rings. The zero-order chi connectivity index (χ0) is 14.7. The summed E-state index contributed by atoms with van der Waals surface area (Å²) in [6, 6.07) is 8.46. The molecular formula is C17H16N4O. The van der Waals surface area contributed by atoms with Crippen molar-refractivity contribution in [3.05, 3.63) is 60.1 Å². The van der Waals surface area contributed by atoms with Crippen LogP contribution in [-0.2, 0) is 6.54 Å². The molecule has 5 heteroatoms. The van der Waals surface area contributed by atoms with Crippen LogP contribution in [-0.4, -0.2) is 24.2 Å². The van der Waals surface area contributed by atoms with Gasteiger partial charge in [-0.2, -0.15) is 0 Å². The lowest BCUT2D eigenvalue weighted by atomic mass is 10.0. The quantitative estimate of drug-likeness (QED) is 0.586. The Labute approximate surface area is 127 Å². The Morgan fingerprint density at radius 1 is 1.23 bits per heavy atom. The van der Waals surface area contributed by atoms with E-state index in [-0.39, 0.29) is 6.04 Å². The smallest absolute Gasteiger partial charge is 0.138 e. The van der Waals surface area contributed by atoms with E-state index in [9.17, 15) is 5.11 Å². The van der Waals surface area contributed by atoms with Crippen molar-refractivity contribution in [2.45, 2.75) is 31.5 Å². The van der Waals surface area contributed by atoms with Crippen molar-refractivity contribution in [3.8, 4) is 11.3 Å². The fourth-order valence-corrected chi connectivity index (χ4v) is 3.75. The second-order valence-electron chi connectivity index (χ2n) is 6.05. The fourth-order valence-electron chi connectivity index (χ4n) is 3.75. The first-order chi connectivity index (χ1) is 10.8. The summed E-state index contributed by atoms with van der Waals surface area (Å²) in [5.74, 6) is 0.798. The molecule has 4 heterocycles. The van der Waals surface area contributed by atoms with Crippen LogP contribution in [0.2, 0.25) is 0 Å². The van der Waals surface area contributed by atoms with Gasteiger partial charge in [-0.05, 0) is 18.4 Å². The van der Waals surface area contributed by atoms with Gasteiger partial charge < -0.3 is 14.2 Å². The molecule has 110 valence electrons. The molecule has 0 spiro atoms. The molecular weight excluding hydrogens is 276 g/mol. The van der Waals surface area contributed by atoms with Crippen molar-refractivity contribution in [1.29, 1.82) is 0 Å². The van der Waals surface area contributed by atoms with Crippen LogP contribution in [0.3, 0.4) is 0 Å². The maximum Gasteiger partial charge on any atom is 0.138 e. The molecule has 0 saturated heterocycles. The lowest BCUT2D eigenvalue weighted by Gasteiger charge is -2.18. The number of aryl methyl sites for hydroxylation is 1. The molecule has 2 atom stereocenters. The fraction of sp³-hybridized carbons (Fsp3) is 0.294. The molecule has 0 bridgehead atoms. The van der Waals surface area contributed by atoms with Gasteiger partial charge in [0.05, 0.1) is 23.9 Å². The third-order valence-corrected chi connectivity index (χ3v) is 4.76. The van der Waals surface area contributed by atoms with Crippen molar-refractivity contribution in [1.82, 2.24) is 19.1 Å². The SMILES string of the molecule is OC1CCCn2cc(C3c4ccccc4-c4cncn43)nc21. The first-order valence-electron chi connectivity index (χ1n) is 7.69. The highest BCUT2D eigenvalue weighted by Gasteiger charge is 2.32. The van der Waals surface area contributed by atoms with Crippen molar-refractivity contribution >= 4 is 0 Å². The van der Waals surface area contributed by atoms with Gasteiger partial charge in [0.25, 0.3) is 0 Å². The summed E-state index contributed by atoms with van der Waals surface area (Å²) in [7, 11) is 0. The highest BCUT2D eigenvalue weighted by Crippen LogP contribution is 2.42. The first kappa shape index (κ1) is 12.2. The number of aliphatic hydroxyl groups is 1. The third kappa shape index (κ3) is 1.51. The Bertz CT molecular complexity index is 863. The monoisotopic (exact) mass is 292 g/mol. The summed E-state index contributed by atoms with van der Waals surface area (Å²) < 4.78 is 4.27. The van der Waals surface area contributed by atoms with Crippen LogP contribution in [0.4, 0.5) is 0 Å². The number of imidazole rings is 2. The number of benzene rings is 1. The van der Waals surface area contributed by atoms with Crippen molar-refractivity contribution in [2.75, 3.05) is 0 Å². The molecule has 2 unspecified atom stereocenters. The molecule has 22 heavy (non-hydrogen) atoms. The first-order valence-corrected chi connectivity index (χ1v) is 7.69. The van der Waals surface area contributed by atoms with Gasteiger partial charge in [0.1, 0.15) is 18.0 Å². The summed E-state index contributed by atoms with van der Waals surface area (Å²) in [6.45, 7) is 0.935. The Kier molecular flexibility index (Phi) is 2.38. The minimum Gasteiger partial charge on any atom is -0.385 e. The predicted octanol–water partition coefficient (Wildman–Crippen LogP) is 2.52. The highest BCUT2D eigenvalue weighted by atomic mass is 16.3. The third-order valence-electron chi connectivity index (χ3n) is 4.76. The van der Waals surface area contributed by atoms with Crippen molar-refractivity contribution in [3.63, 3.8) is 0 Å². The van der Waals surface area contributed by atoms with Gasteiger partial charge in [-0.25, -0.2) is 9.97 Å². The van der Waals surface area contributed by atoms with Gasteiger partial charge in [-0.15, -0.1) is 0 Å². The summed E-state index contributed by atoms with van der Waals surface area (Å²) >= 11 is 0. The largest absolute Gasteiger partial charge is 0.385 e. The van der Waals surface area contributed by atoms with E-state index in [2.05, 4.69) is 44.6 Å². The lowest BCUT2D eigenvalue weighted by Crippen LogP contribution is -2.14. The van der Waals surface area contributed by atoms with Gasteiger partial charge in [0.2, 0.25) is 0 Å². The highest BCUT2D eigenvalue weighted by molar-refractivity contribution is 5.70. The summed E-state index contributed by atoms with van der Waals surface area (Å²) in [5, 5.41) is 10.2. The van der Waals surface area contributed by atoms with Gasteiger partial charge in [0, 0.05) is 18.3 Å². The normalized spacial score (nSPS) is 22.2. The van der Waals surface area contributed by atoms with E-state index in [0.29, 0.717) is 0 Å². The van der Waals surface area contributed by atoms with E-state index in [1.54, 1.807) is 0 Å². The average molecular weight is 292 g/mol. The zero-order valence-corrected chi connectivity index (χ0v) is 12.1. The number of fused-ring (bicyclic) bond motifs is 4. The standard InChI is InChI=1S/C17H16N4O/c22-15-6-3-7-20-9-13(19-17(15)20)16-12-5-2-1-4-11(12)14-8-18-10-21(14)16/h1-2,4-5,8-10,15-16,22H,3,6-7H2. The minimum atomic E-state index is -0.443. The number of nitrogens with zero attached hydrogens (tertiary/aromatic N) is 4. The van der Waals surface area contributed by atoms with Crippen molar-refractivity contribution in [2.24, 2.45) is 0 Å². The maximum atomic E-state index is 10.2. The predicted molar refractivity (Wildman–Crippen MR) is 81.3 cm³/mol. The van der Waals surface area contributed by atoms with Gasteiger partial charge in [0.15, 0.2) is 0 Å². The Morgan fingerprint density at radius 2 is 2.14 bits per heavy atom. The van der Waals surface area contributed by atoms with Crippen LogP contribution in [0.15, 0.2) is 43.0 Å². The second-order valence-corrected chi connectivity index (χ2v) is 6.05. The van der Waals surface area contributed by atoms with E-state index in [0.717, 1.165) is 36.6 Å². The van der Waals surface area contributed by atoms with E-state index >= 15 is 0 Å². The topological polar surface area (TPSA) is 55.9 Å². The lowest BCUT2D eigenvalue weighted by molar-refractivity contribution is 0.133. The van der Waals surface area contributed by atoms with Crippen LogP contribution < -0.4 is 0 Å². The molecule has 0 radical (unpaired) electrons. The minimum absolute atomic E-state index is 0.0546. The molecule has 0 fully saturated rings. The molecule has 5 rings (SSSR count). The van der Waals surface area contributed by atoms with E-state index in [1.165, 1.54) is 11.1 Å². The van der Waals surface area contributed by atoms with Crippen LogP contribution >= 0.6 is 0 Å². The Hall–Kier alpha value is -2.40. The van der Waals surface area contributed by atoms with Crippen molar-refractivity contribution < 1.29 is 5.11 Å². The van der Waals surface area contributed by atoms with Gasteiger partial charge in [-0.1, -0.05) is 24.3 Å². The number of rotatable bonds is 1. The molecule has 0 aliphatic carbocycles. The molecule has 0 saturated carbocycles. The Morgan fingerprint density at radius 3 is 3.05 bits per heavy atom.